The molecular formula is C10H21NO. The van der Waals surface area contributed by atoms with Crippen molar-refractivity contribution in [2.45, 2.75) is 26.7 Å². The Kier molecular flexibility index (Phi) is 8.51. The molecular weight excluding hydrogens is 150 g/mol. The molecule has 0 aliphatic heterocycles. The molecule has 0 rings (SSSR count). The van der Waals surface area contributed by atoms with Crippen LogP contribution in [0.4, 0.5) is 0 Å². The van der Waals surface area contributed by atoms with Crippen LogP contribution >= 0.6 is 0 Å². The highest BCUT2D eigenvalue weighted by Crippen LogP contribution is 1.95. The summed E-state index contributed by atoms with van der Waals surface area (Å²) in [4.78, 5) is 0. The maximum absolute atomic E-state index is 5.37. The van der Waals surface area contributed by atoms with Gasteiger partial charge in [0.05, 0.1) is 13.2 Å². The first-order chi connectivity index (χ1) is 5.81. The van der Waals surface area contributed by atoms with Gasteiger partial charge in [-0.05, 0) is 19.4 Å². The standard InChI is InChI=1S/C10H21NO/c1-4-6-11-7-8-12-9-10(3)5-2/h11H,3-9H2,1-2H3. The molecule has 1 N–H and O–H groups in total. The van der Waals surface area contributed by atoms with Crippen LogP contribution in [0.25, 0.3) is 0 Å². The molecule has 12 heavy (non-hydrogen) atoms. The fourth-order valence-electron chi connectivity index (χ4n) is 0.765. The van der Waals surface area contributed by atoms with Gasteiger partial charge in [-0.15, -0.1) is 0 Å². The molecule has 0 saturated heterocycles. The summed E-state index contributed by atoms with van der Waals surface area (Å²) in [5.41, 5.74) is 1.17. The number of hydrogen-bond acceptors (Lipinski definition) is 2. The van der Waals surface area contributed by atoms with E-state index in [1.165, 1.54) is 12.0 Å². The zero-order valence-electron chi connectivity index (χ0n) is 8.36. The average Bonchev–Trinajstić information content (AvgIpc) is 2.10. The molecule has 0 aromatic rings. The fraction of sp³-hybridized carbons (Fsp3) is 0.800. The first kappa shape index (κ1) is 11.7. The lowest BCUT2D eigenvalue weighted by Crippen LogP contribution is -2.20. The summed E-state index contributed by atoms with van der Waals surface area (Å²) in [5, 5.41) is 3.27. The number of nitrogens with one attached hydrogen (secondary N) is 1. The van der Waals surface area contributed by atoms with E-state index >= 15 is 0 Å². The third kappa shape index (κ3) is 7.76. The lowest BCUT2D eigenvalue weighted by atomic mass is 10.2. The Balaban J connectivity index is 2.95. The van der Waals surface area contributed by atoms with Crippen molar-refractivity contribution in [1.82, 2.24) is 5.32 Å². The minimum atomic E-state index is 0.713. The molecule has 0 fully saturated rings. The summed E-state index contributed by atoms with van der Waals surface area (Å²) in [6, 6.07) is 0. The van der Waals surface area contributed by atoms with Gasteiger partial charge in [0.2, 0.25) is 0 Å². The first-order valence-electron chi connectivity index (χ1n) is 4.76. The predicted molar refractivity (Wildman–Crippen MR) is 53.4 cm³/mol. The van der Waals surface area contributed by atoms with Crippen molar-refractivity contribution < 1.29 is 4.74 Å². The van der Waals surface area contributed by atoms with Gasteiger partial charge >= 0.3 is 0 Å². The van der Waals surface area contributed by atoms with E-state index in [4.69, 9.17) is 4.74 Å². The predicted octanol–water partition coefficient (Wildman–Crippen LogP) is 1.97. The fourth-order valence-corrected chi connectivity index (χ4v) is 0.765. The molecule has 0 amide bonds. The topological polar surface area (TPSA) is 21.3 Å². The van der Waals surface area contributed by atoms with Crippen LogP contribution in [0.1, 0.15) is 26.7 Å². The van der Waals surface area contributed by atoms with E-state index in [0.717, 1.165) is 26.1 Å². The van der Waals surface area contributed by atoms with Crippen LogP contribution in [-0.4, -0.2) is 26.3 Å². The van der Waals surface area contributed by atoms with Crippen molar-refractivity contribution in [3.8, 4) is 0 Å². The molecule has 0 heterocycles. The Bertz CT molecular complexity index is 112. The van der Waals surface area contributed by atoms with E-state index < -0.39 is 0 Å². The van der Waals surface area contributed by atoms with Crippen LogP contribution in [0.3, 0.4) is 0 Å². The van der Waals surface area contributed by atoms with Crippen molar-refractivity contribution >= 4 is 0 Å². The van der Waals surface area contributed by atoms with E-state index in [-0.39, 0.29) is 0 Å². The Morgan fingerprint density at radius 3 is 2.67 bits per heavy atom. The molecule has 0 spiro atoms. The SMILES string of the molecule is C=C(CC)COCCNCCC. The molecule has 0 aliphatic rings. The average molecular weight is 171 g/mol. The van der Waals surface area contributed by atoms with Gasteiger partial charge in [-0.25, -0.2) is 0 Å². The smallest absolute Gasteiger partial charge is 0.0674 e. The Morgan fingerprint density at radius 1 is 1.33 bits per heavy atom. The summed E-state index contributed by atoms with van der Waals surface area (Å²) in [6.07, 6.45) is 2.20. The van der Waals surface area contributed by atoms with E-state index in [1.807, 2.05) is 0 Å². The monoisotopic (exact) mass is 171 g/mol. The number of hydrogen-bond donors (Lipinski definition) is 1. The highest BCUT2D eigenvalue weighted by atomic mass is 16.5. The molecule has 0 aliphatic carbocycles. The zero-order chi connectivity index (χ0) is 9.23. The van der Waals surface area contributed by atoms with E-state index in [1.54, 1.807) is 0 Å². The molecule has 0 bridgehead atoms. The van der Waals surface area contributed by atoms with Gasteiger partial charge in [-0.1, -0.05) is 26.0 Å². The van der Waals surface area contributed by atoms with E-state index in [9.17, 15) is 0 Å². The second-order valence-corrected chi connectivity index (χ2v) is 2.91. The zero-order valence-corrected chi connectivity index (χ0v) is 8.36. The van der Waals surface area contributed by atoms with Gasteiger partial charge in [-0.2, -0.15) is 0 Å². The minimum Gasteiger partial charge on any atom is -0.376 e. The quantitative estimate of drug-likeness (QED) is 0.445. The molecule has 72 valence electrons. The van der Waals surface area contributed by atoms with Crippen molar-refractivity contribution in [2.75, 3.05) is 26.3 Å². The summed E-state index contributed by atoms with van der Waals surface area (Å²) in [6.45, 7) is 11.7. The molecule has 0 aromatic heterocycles. The summed E-state index contributed by atoms with van der Waals surface area (Å²) < 4.78 is 5.37. The van der Waals surface area contributed by atoms with Gasteiger partial charge < -0.3 is 10.1 Å². The van der Waals surface area contributed by atoms with Gasteiger partial charge in [0, 0.05) is 6.54 Å². The van der Waals surface area contributed by atoms with Crippen molar-refractivity contribution in [2.24, 2.45) is 0 Å². The van der Waals surface area contributed by atoms with Crippen molar-refractivity contribution in [3.05, 3.63) is 12.2 Å². The maximum Gasteiger partial charge on any atom is 0.0674 e. The van der Waals surface area contributed by atoms with Crippen LogP contribution in [0.5, 0.6) is 0 Å². The highest BCUT2D eigenvalue weighted by Gasteiger charge is 1.90. The first-order valence-corrected chi connectivity index (χ1v) is 4.76. The van der Waals surface area contributed by atoms with Gasteiger partial charge in [0.25, 0.3) is 0 Å². The van der Waals surface area contributed by atoms with Gasteiger partial charge in [0.15, 0.2) is 0 Å². The molecule has 0 unspecified atom stereocenters. The van der Waals surface area contributed by atoms with Crippen molar-refractivity contribution in [1.29, 1.82) is 0 Å². The Labute approximate surface area is 76.0 Å². The normalized spacial score (nSPS) is 10.2. The second-order valence-electron chi connectivity index (χ2n) is 2.91. The maximum atomic E-state index is 5.37. The largest absolute Gasteiger partial charge is 0.376 e. The van der Waals surface area contributed by atoms with E-state index in [2.05, 4.69) is 25.7 Å². The van der Waals surface area contributed by atoms with Crippen molar-refractivity contribution in [3.63, 3.8) is 0 Å². The van der Waals surface area contributed by atoms with Gasteiger partial charge in [0.1, 0.15) is 0 Å². The lowest BCUT2D eigenvalue weighted by Gasteiger charge is -2.05. The third-order valence-corrected chi connectivity index (χ3v) is 1.66. The summed E-state index contributed by atoms with van der Waals surface area (Å²) >= 11 is 0. The number of ether oxygens (including phenoxy) is 1. The van der Waals surface area contributed by atoms with E-state index in [0.29, 0.717) is 6.61 Å². The van der Waals surface area contributed by atoms with Crippen LogP contribution in [0.2, 0.25) is 0 Å². The van der Waals surface area contributed by atoms with Crippen LogP contribution in [0, 0.1) is 0 Å². The molecule has 0 radical (unpaired) electrons. The summed E-state index contributed by atoms with van der Waals surface area (Å²) in [7, 11) is 0. The van der Waals surface area contributed by atoms with Gasteiger partial charge in [-0.3, -0.25) is 0 Å². The van der Waals surface area contributed by atoms with Crippen LogP contribution < -0.4 is 5.32 Å². The molecule has 2 nitrogen and oxygen atoms in total. The second kappa shape index (κ2) is 8.75. The Morgan fingerprint density at radius 2 is 2.08 bits per heavy atom. The molecule has 0 aromatic carbocycles. The summed E-state index contributed by atoms with van der Waals surface area (Å²) in [5.74, 6) is 0. The Hall–Kier alpha value is -0.340. The third-order valence-electron chi connectivity index (χ3n) is 1.66. The molecule has 0 saturated carbocycles. The number of rotatable bonds is 8. The molecule has 0 atom stereocenters. The lowest BCUT2D eigenvalue weighted by molar-refractivity contribution is 0.156. The van der Waals surface area contributed by atoms with Crippen LogP contribution in [0.15, 0.2) is 12.2 Å². The molecule has 2 heteroatoms. The van der Waals surface area contributed by atoms with Crippen LogP contribution in [-0.2, 0) is 4.74 Å². The highest BCUT2D eigenvalue weighted by molar-refractivity contribution is 4.92. The minimum absolute atomic E-state index is 0.713.